The number of benzene rings is 1. The quantitative estimate of drug-likeness (QED) is 0.905. The van der Waals surface area contributed by atoms with Crippen molar-refractivity contribution < 1.29 is 4.79 Å². The lowest BCUT2D eigenvalue weighted by molar-refractivity contribution is -0.121. The highest BCUT2D eigenvalue weighted by atomic mass is 35.5. The monoisotopic (exact) mass is 345 g/mol. The van der Waals surface area contributed by atoms with E-state index in [1.165, 1.54) is 0 Å². The molecule has 7 heteroatoms. The van der Waals surface area contributed by atoms with Gasteiger partial charge in [-0.15, -0.1) is 0 Å². The molecule has 1 aliphatic rings. The Morgan fingerprint density at radius 2 is 2.08 bits per heavy atom. The van der Waals surface area contributed by atoms with E-state index in [2.05, 4.69) is 34.5 Å². The molecule has 24 heavy (non-hydrogen) atoms. The molecule has 1 N–H and O–H groups in total. The van der Waals surface area contributed by atoms with E-state index in [0.717, 1.165) is 23.5 Å². The number of aromatic nitrogens is 3. The summed E-state index contributed by atoms with van der Waals surface area (Å²) in [7, 11) is 0. The summed E-state index contributed by atoms with van der Waals surface area (Å²) in [5, 5.41) is 9.49. The fourth-order valence-corrected chi connectivity index (χ4v) is 2.78. The first kappa shape index (κ1) is 16.6. The SMILES string of the molecule is CC(C)Cc1nc(C2=NNC(=O)CC2)n(Cc2ccccc2Cl)n1. The van der Waals surface area contributed by atoms with Gasteiger partial charge in [-0.05, 0) is 17.5 Å². The molecule has 2 heterocycles. The zero-order chi connectivity index (χ0) is 17.1. The van der Waals surface area contributed by atoms with Crippen LogP contribution in [0.25, 0.3) is 0 Å². The maximum Gasteiger partial charge on any atom is 0.240 e. The average molecular weight is 346 g/mol. The first-order chi connectivity index (χ1) is 11.5. The molecule has 0 saturated carbocycles. The third kappa shape index (κ3) is 3.82. The van der Waals surface area contributed by atoms with Crippen LogP contribution in [0.15, 0.2) is 29.4 Å². The Hall–Kier alpha value is -2.21. The first-order valence-corrected chi connectivity index (χ1v) is 8.43. The summed E-state index contributed by atoms with van der Waals surface area (Å²) in [6.45, 7) is 4.78. The van der Waals surface area contributed by atoms with Gasteiger partial charge in [-0.3, -0.25) is 4.79 Å². The Bertz CT molecular complexity index is 781. The number of halogens is 1. The molecular formula is C17H20ClN5O. The first-order valence-electron chi connectivity index (χ1n) is 8.06. The van der Waals surface area contributed by atoms with Gasteiger partial charge in [0.25, 0.3) is 0 Å². The van der Waals surface area contributed by atoms with Crippen LogP contribution in [0, 0.1) is 5.92 Å². The van der Waals surface area contributed by atoms with E-state index in [-0.39, 0.29) is 5.91 Å². The van der Waals surface area contributed by atoms with Crippen molar-refractivity contribution >= 4 is 23.2 Å². The number of carbonyl (C=O) groups excluding carboxylic acids is 1. The lowest BCUT2D eigenvalue weighted by Gasteiger charge is -2.12. The van der Waals surface area contributed by atoms with E-state index in [4.69, 9.17) is 11.6 Å². The maximum absolute atomic E-state index is 11.3. The van der Waals surface area contributed by atoms with E-state index in [9.17, 15) is 4.79 Å². The number of nitrogens with one attached hydrogen (secondary N) is 1. The smallest absolute Gasteiger partial charge is 0.240 e. The second-order valence-corrected chi connectivity index (χ2v) is 6.70. The van der Waals surface area contributed by atoms with Crippen molar-refractivity contribution in [3.63, 3.8) is 0 Å². The van der Waals surface area contributed by atoms with Gasteiger partial charge in [0.15, 0.2) is 11.6 Å². The van der Waals surface area contributed by atoms with E-state index in [0.29, 0.717) is 36.2 Å². The van der Waals surface area contributed by atoms with Crippen LogP contribution in [0.3, 0.4) is 0 Å². The number of hydrogen-bond acceptors (Lipinski definition) is 4. The Morgan fingerprint density at radius 3 is 2.75 bits per heavy atom. The molecule has 1 amide bonds. The summed E-state index contributed by atoms with van der Waals surface area (Å²) in [5.74, 6) is 1.87. The van der Waals surface area contributed by atoms with E-state index in [1.807, 2.05) is 28.9 Å². The molecule has 0 fully saturated rings. The molecule has 1 aromatic heterocycles. The minimum atomic E-state index is -0.0710. The highest BCUT2D eigenvalue weighted by molar-refractivity contribution is 6.31. The van der Waals surface area contributed by atoms with Crippen LogP contribution in [0.4, 0.5) is 0 Å². The summed E-state index contributed by atoms with van der Waals surface area (Å²) in [6.07, 6.45) is 1.77. The van der Waals surface area contributed by atoms with Gasteiger partial charge in [0.05, 0.1) is 6.54 Å². The van der Waals surface area contributed by atoms with Crippen molar-refractivity contribution in [1.29, 1.82) is 0 Å². The second-order valence-electron chi connectivity index (χ2n) is 6.29. The van der Waals surface area contributed by atoms with Gasteiger partial charge in [0, 0.05) is 24.3 Å². The minimum absolute atomic E-state index is 0.0710. The molecule has 2 aromatic rings. The fourth-order valence-electron chi connectivity index (χ4n) is 2.59. The molecular weight excluding hydrogens is 326 g/mol. The van der Waals surface area contributed by atoms with Gasteiger partial charge < -0.3 is 0 Å². The number of nitrogens with zero attached hydrogens (tertiary/aromatic N) is 4. The fraction of sp³-hybridized carbons (Fsp3) is 0.412. The van der Waals surface area contributed by atoms with Crippen molar-refractivity contribution in [3.8, 4) is 0 Å². The summed E-state index contributed by atoms with van der Waals surface area (Å²) in [6, 6.07) is 7.69. The van der Waals surface area contributed by atoms with Gasteiger partial charge >= 0.3 is 0 Å². The molecule has 126 valence electrons. The molecule has 0 saturated heterocycles. The van der Waals surface area contributed by atoms with Gasteiger partial charge in [-0.2, -0.15) is 10.2 Å². The Kier molecular flexibility index (Phi) is 4.94. The average Bonchev–Trinajstić information content (AvgIpc) is 2.92. The van der Waals surface area contributed by atoms with Crippen LogP contribution in [0.5, 0.6) is 0 Å². The summed E-state index contributed by atoms with van der Waals surface area (Å²) < 4.78 is 1.83. The van der Waals surface area contributed by atoms with Crippen molar-refractivity contribution in [2.45, 2.75) is 39.7 Å². The van der Waals surface area contributed by atoms with E-state index < -0.39 is 0 Å². The van der Waals surface area contributed by atoms with Crippen LogP contribution in [-0.4, -0.2) is 26.4 Å². The van der Waals surface area contributed by atoms with E-state index >= 15 is 0 Å². The summed E-state index contributed by atoms with van der Waals surface area (Å²) >= 11 is 6.27. The molecule has 3 rings (SSSR count). The largest absolute Gasteiger partial charge is 0.273 e. The van der Waals surface area contributed by atoms with Crippen LogP contribution >= 0.6 is 11.6 Å². The van der Waals surface area contributed by atoms with Crippen molar-refractivity contribution in [3.05, 3.63) is 46.5 Å². The van der Waals surface area contributed by atoms with Gasteiger partial charge in [0.2, 0.25) is 5.91 Å². The molecule has 1 aliphatic heterocycles. The molecule has 6 nitrogen and oxygen atoms in total. The van der Waals surface area contributed by atoms with Gasteiger partial charge in [-0.1, -0.05) is 43.6 Å². The van der Waals surface area contributed by atoms with E-state index in [1.54, 1.807) is 0 Å². The van der Waals surface area contributed by atoms with Crippen LogP contribution < -0.4 is 5.43 Å². The number of amides is 1. The van der Waals surface area contributed by atoms with Crippen LogP contribution in [-0.2, 0) is 17.8 Å². The molecule has 0 spiro atoms. The van der Waals surface area contributed by atoms with Crippen molar-refractivity contribution in [2.75, 3.05) is 0 Å². The standard InChI is InChI=1S/C17H20ClN5O/c1-11(2)9-15-19-17(14-7-8-16(24)21-20-14)23(22-15)10-12-5-3-4-6-13(12)18/h3-6,11H,7-10H2,1-2H3,(H,21,24). The zero-order valence-corrected chi connectivity index (χ0v) is 14.5. The Balaban J connectivity index is 1.95. The third-order valence-electron chi connectivity index (χ3n) is 3.75. The highest BCUT2D eigenvalue weighted by Crippen LogP contribution is 2.18. The second kappa shape index (κ2) is 7.13. The Labute approximate surface area is 145 Å². The molecule has 0 aliphatic carbocycles. The molecule has 0 radical (unpaired) electrons. The predicted molar refractivity (Wildman–Crippen MR) is 93.0 cm³/mol. The number of carbonyl (C=O) groups is 1. The normalized spacial score (nSPS) is 14.7. The van der Waals surface area contributed by atoms with Crippen LogP contribution in [0.2, 0.25) is 5.02 Å². The maximum atomic E-state index is 11.3. The Morgan fingerprint density at radius 1 is 1.29 bits per heavy atom. The van der Waals surface area contributed by atoms with Gasteiger partial charge in [-0.25, -0.2) is 15.1 Å². The highest BCUT2D eigenvalue weighted by Gasteiger charge is 2.21. The third-order valence-corrected chi connectivity index (χ3v) is 4.12. The molecule has 0 atom stereocenters. The molecule has 0 unspecified atom stereocenters. The number of hydrazone groups is 1. The summed E-state index contributed by atoms with van der Waals surface area (Å²) in [4.78, 5) is 16.0. The van der Waals surface area contributed by atoms with Crippen molar-refractivity contribution in [1.82, 2.24) is 20.2 Å². The topological polar surface area (TPSA) is 72.2 Å². The lowest BCUT2D eigenvalue weighted by Crippen LogP contribution is -2.27. The summed E-state index contributed by atoms with van der Waals surface area (Å²) in [5.41, 5.74) is 4.25. The van der Waals surface area contributed by atoms with Crippen LogP contribution in [0.1, 0.15) is 43.9 Å². The van der Waals surface area contributed by atoms with Crippen molar-refractivity contribution in [2.24, 2.45) is 11.0 Å². The molecule has 0 bridgehead atoms. The molecule has 1 aromatic carbocycles. The minimum Gasteiger partial charge on any atom is -0.273 e. The number of hydrogen-bond donors (Lipinski definition) is 1. The van der Waals surface area contributed by atoms with Gasteiger partial charge in [0.1, 0.15) is 5.71 Å². The predicted octanol–water partition coefficient (Wildman–Crippen LogP) is 2.79. The lowest BCUT2D eigenvalue weighted by atomic mass is 10.1. The number of rotatable bonds is 5. The zero-order valence-electron chi connectivity index (χ0n) is 13.8.